The summed E-state index contributed by atoms with van der Waals surface area (Å²) < 4.78 is 0. The number of aromatic amines is 1. The van der Waals surface area contributed by atoms with E-state index in [9.17, 15) is 4.79 Å². The Morgan fingerprint density at radius 3 is 1.03 bits per heavy atom. The quantitative estimate of drug-likeness (QED) is 0.684. The third-order valence-corrected chi connectivity index (χ3v) is 3.74. The van der Waals surface area contributed by atoms with Gasteiger partial charge in [-0.15, -0.1) is 0 Å². The van der Waals surface area contributed by atoms with Crippen LogP contribution in [0.3, 0.4) is 0 Å². The van der Waals surface area contributed by atoms with Crippen LogP contribution in [0.4, 0.5) is 0 Å². The van der Waals surface area contributed by atoms with E-state index in [2.05, 4.69) is 15.4 Å². The molecule has 0 bridgehead atoms. The van der Waals surface area contributed by atoms with E-state index in [1.807, 2.05) is 116 Å². The summed E-state index contributed by atoms with van der Waals surface area (Å²) >= 11 is 0. The van der Waals surface area contributed by atoms with Crippen molar-refractivity contribution in [1.82, 2.24) is 15.4 Å². The zero-order valence-electron chi connectivity index (χ0n) is 15.4. The molecule has 5 rings (SSSR count). The largest absolute Gasteiger partial charge is 2.00 e. The molecule has 1 heterocycles. The van der Waals surface area contributed by atoms with E-state index in [0.717, 1.165) is 11.8 Å². The predicted molar refractivity (Wildman–Crippen MR) is 105 cm³/mol. The van der Waals surface area contributed by atoms with Crippen LogP contribution in [0.2, 0.25) is 0 Å². The fourth-order valence-corrected chi connectivity index (χ4v) is 2.44. The Balaban J connectivity index is 0.000000290. The van der Waals surface area contributed by atoms with Crippen molar-refractivity contribution in [2.75, 3.05) is 0 Å². The average Bonchev–Trinajstić information content (AvgIpc) is 3.53. The van der Waals surface area contributed by atoms with Gasteiger partial charge in [0.25, 0.3) is 0 Å². The van der Waals surface area contributed by atoms with E-state index in [-0.39, 0.29) is 39.6 Å². The van der Waals surface area contributed by atoms with Crippen molar-refractivity contribution < 1.29 is 34.1 Å². The zero-order valence-corrected chi connectivity index (χ0v) is 17.6. The van der Waals surface area contributed by atoms with E-state index in [0.29, 0.717) is 11.4 Å². The van der Waals surface area contributed by atoms with Gasteiger partial charge in [-0.05, 0) is 116 Å². The Morgan fingerprint density at radius 2 is 0.759 bits per heavy atom. The predicted octanol–water partition coefficient (Wildman–Crippen LogP) is 2.71. The normalized spacial score (nSPS) is 21.4. The van der Waals surface area contributed by atoms with Crippen LogP contribution < -0.4 is 5.43 Å². The molecule has 4 saturated carbocycles. The number of nitrogens with zero attached hydrogens (tertiary/aromatic N) is 2. The molecule has 6 heteroatoms. The van der Waals surface area contributed by atoms with Crippen LogP contribution in [0.5, 0.6) is 0 Å². The molecule has 0 aliphatic heterocycles. The summed E-state index contributed by atoms with van der Waals surface area (Å²) in [5.41, 5.74) is 0.656. The topological polar surface area (TPSA) is 58.6 Å². The van der Waals surface area contributed by atoms with Gasteiger partial charge in [0.2, 0.25) is 5.43 Å². The van der Waals surface area contributed by atoms with Crippen LogP contribution in [0.1, 0.15) is 11.4 Å². The first-order valence-electron chi connectivity index (χ1n) is 8.59. The van der Waals surface area contributed by atoms with Gasteiger partial charge in [0.05, 0.1) is 0 Å². The molecule has 0 amide bonds. The van der Waals surface area contributed by atoms with Gasteiger partial charge in [0.15, 0.2) is 0 Å². The van der Waals surface area contributed by atoms with E-state index < -0.39 is 0 Å². The van der Waals surface area contributed by atoms with Crippen molar-refractivity contribution in [1.29, 1.82) is 0 Å². The first-order chi connectivity index (χ1) is 13.4. The Labute approximate surface area is 198 Å². The van der Waals surface area contributed by atoms with Crippen molar-refractivity contribution >= 4 is 0 Å². The molecule has 0 spiro atoms. The van der Waals surface area contributed by atoms with Gasteiger partial charge in [-0.2, -0.15) is 15.4 Å². The van der Waals surface area contributed by atoms with Gasteiger partial charge in [-0.25, -0.2) is 0 Å². The first-order valence-corrected chi connectivity index (χ1v) is 8.59. The fourth-order valence-electron chi connectivity index (χ4n) is 2.44. The smallest absolute Gasteiger partial charge is 0.286 e. The van der Waals surface area contributed by atoms with Crippen molar-refractivity contribution in [3.8, 4) is 0 Å². The van der Waals surface area contributed by atoms with Crippen molar-refractivity contribution in [3.63, 3.8) is 0 Å². The van der Waals surface area contributed by atoms with Crippen LogP contribution in [0.15, 0.2) is 4.79 Å². The number of H-pyrrole nitrogens is 1. The van der Waals surface area contributed by atoms with E-state index in [1.54, 1.807) is 0 Å². The third-order valence-electron chi connectivity index (χ3n) is 3.74. The fraction of sp³-hybridized carbons (Fsp3) is 0. The minimum Gasteiger partial charge on any atom is -0.286 e. The molecule has 0 aromatic carbocycles. The second kappa shape index (κ2) is 15.6. The van der Waals surface area contributed by atoms with Crippen molar-refractivity contribution in [2.24, 2.45) is 0 Å². The molecular formula is C23H19Fe2N3O+4. The second-order valence-electron chi connectivity index (χ2n) is 5.62. The summed E-state index contributed by atoms with van der Waals surface area (Å²) in [6.07, 6.45) is 34.9. The van der Waals surface area contributed by atoms with Crippen LogP contribution in [0, 0.1) is 127 Å². The molecule has 20 radical (unpaired) electrons. The summed E-state index contributed by atoms with van der Waals surface area (Å²) in [4.78, 5) is 12.2. The van der Waals surface area contributed by atoms with Gasteiger partial charge in [-0.3, -0.25) is 4.79 Å². The van der Waals surface area contributed by atoms with Crippen molar-refractivity contribution in [2.45, 2.75) is 0 Å². The third kappa shape index (κ3) is 8.85. The molecule has 4 fully saturated rings. The molecule has 1 N–H and O–H groups in total. The van der Waals surface area contributed by atoms with E-state index in [4.69, 9.17) is 0 Å². The number of rotatable bonds is 2. The first kappa shape index (κ1) is 26.9. The summed E-state index contributed by atoms with van der Waals surface area (Å²) in [5, 5.41) is 10.4. The minimum atomic E-state index is -0.152. The SMILES string of the molecule is O=c1c([C]2[CH][CH][CH][CH]2)n[nH]nc1[C]1[CH][CH][CH][CH]1.[CH]1[CH][CH][CH][CH]1.[CH]1[CH][CH][CH][CH]1.[Fe+2].[Fe+2]. The van der Waals surface area contributed by atoms with E-state index >= 15 is 0 Å². The van der Waals surface area contributed by atoms with Crippen LogP contribution in [-0.4, -0.2) is 15.4 Å². The molecule has 4 aliphatic rings. The number of nitrogens with one attached hydrogen (secondary N) is 1. The molecule has 1 aromatic heterocycles. The monoisotopic (exact) mass is 465 g/mol. The minimum absolute atomic E-state index is 0. The van der Waals surface area contributed by atoms with Crippen LogP contribution >= 0.6 is 0 Å². The number of aromatic nitrogens is 3. The zero-order chi connectivity index (χ0) is 18.7. The summed E-state index contributed by atoms with van der Waals surface area (Å²) in [7, 11) is 0. The molecule has 29 heavy (non-hydrogen) atoms. The molecular weight excluding hydrogens is 446 g/mol. The Kier molecular flexibility index (Phi) is 14.5. The summed E-state index contributed by atoms with van der Waals surface area (Å²) in [5.74, 6) is 1.61. The average molecular weight is 465 g/mol. The molecule has 1 aromatic rings. The Bertz CT molecular complexity index is 526. The second-order valence-corrected chi connectivity index (χ2v) is 5.62. The Hall–Kier alpha value is -0.151. The van der Waals surface area contributed by atoms with Gasteiger partial charge < -0.3 is 0 Å². The van der Waals surface area contributed by atoms with Gasteiger partial charge in [0, 0.05) is 11.8 Å². The van der Waals surface area contributed by atoms with Gasteiger partial charge in [-0.1, -0.05) is 0 Å². The van der Waals surface area contributed by atoms with Crippen LogP contribution in [-0.2, 0) is 34.1 Å². The molecule has 0 saturated heterocycles. The maximum Gasteiger partial charge on any atom is 2.00 e. The van der Waals surface area contributed by atoms with Gasteiger partial charge >= 0.3 is 34.1 Å². The summed E-state index contributed by atoms with van der Waals surface area (Å²) in [6.45, 7) is 0. The molecule has 144 valence electrons. The Morgan fingerprint density at radius 1 is 0.483 bits per heavy atom. The number of hydrogen-bond acceptors (Lipinski definition) is 3. The summed E-state index contributed by atoms with van der Waals surface area (Å²) in [6, 6.07) is 0. The molecule has 0 unspecified atom stereocenters. The molecule has 4 nitrogen and oxygen atoms in total. The molecule has 4 aliphatic carbocycles. The van der Waals surface area contributed by atoms with Crippen molar-refractivity contribution in [3.05, 3.63) is 149 Å². The maximum absolute atomic E-state index is 12.2. The standard InChI is InChI=1S/C13H9N3O.2C5H5.2Fe/c17-13-11(9-5-1-2-6-9)14-16-15-12(13)10-7-3-4-8-10;2*1-2-4-5-3-1;;/h1-8H,(H,16,17);2*1-5H;;/q;;;2*+2. The molecule has 0 atom stereocenters. The van der Waals surface area contributed by atoms with E-state index in [1.165, 1.54) is 0 Å². The number of hydrogen-bond donors (Lipinski definition) is 1. The van der Waals surface area contributed by atoms with Crippen LogP contribution in [0.25, 0.3) is 0 Å². The maximum atomic E-state index is 12.2. The van der Waals surface area contributed by atoms with Gasteiger partial charge in [0.1, 0.15) is 11.4 Å².